The van der Waals surface area contributed by atoms with Gasteiger partial charge in [-0.05, 0) is 30.9 Å². The highest BCUT2D eigenvalue weighted by Crippen LogP contribution is 2.19. The van der Waals surface area contributed by atoms with Crippen LogP contribution in [0.1, 0.15) is 25.3 Å². The first-order valence-electron chi connectivity index (χ1n) is 7.83. The summed E-state index contributed by atoms with van der Waals surface area (Å²) in [5.74, 6) is -0.303. The average molecular weight is 332 g/mol. The number of para-hydroxylation sites is 1. The van der Waals surface area contributed by atoms with E-state index in [-0.39, 0.29) is 18.2 Å². The van der Waals surface area contributed by atoms with E-state index in [0.717, 1.165) is 18.9 Å². The fourth-order valence-corrected chi connectivity index (χ4v) is 2.48. The molecule has 128 valence electrons. The van der Waals surface area contributed by atoms with Crippen molar-refractivity contribution in [2.75, 3.05) is 19.7 Å². The van der Waals surface area contributed by atoms with E-state index in [0.29, 0.717) is 24.6 Å². The summed E-state index contributed by atoms with van der Waals surface area (Å²) in [6.07, 6.45) is 4.32. The van der Waals surface area contributed by atoms with Gasteiger partial charge in [0.15, 0.2) is 6.61 Å². The minimum atomic E-state index is -0.702. The lowest BCUT2D eigenvalue weighted by molar-refractivity contribution is -0.385. The molecule has 0 saturated carbocycles. The minimum absolute atomic E-state index is 0.0972. The Morgan fingerprint density at radius 1 is 1.33 bits per heavy atom. The number of esters is 1. The molecule has 2 rings (SSSR count). The molecule has 1 amide bonds. The van der Waals surface area contributed by atoms with Gasteiger partial charge in [0.2, 0.25) is 0 Å². The van der Waals surface area contributed by atoms with Crippen LogP contribution in [0.2, 0.25) is 0 Å². The summed E-state index contributed by atoms with van der Waals surface area (Å²) >= 11 is 0. The first kappa shape index (κ1) is 17.7. The molecule has 0 atom stereocenters. The Morgan fingerprint density at radius 2 is 2.00 bits per heavy atom. The van der Waals surface area contributed by atoms with Gasteiger partial charge in [-0.15, -0.1) is 0 Å². The van der Waals surface area contributed by atoms with E-state index in [1.807, 2.05) is 0 Å². The first-order valence-corrected chi connectivity index (χ1v) is 7.83. The van der Waals surface area contributed by atoms with Gasteiger partial charge in [-0.3, -0.25) is 14.9 Å². The molecular weight excluding hydrogens is 312 g/mol. The first-order chi connectivity index (χ1) is 11.5. The topological polar surface area (TPSA) is 89.8 Å². The number of benzene rings is 1. The number of amides is 1. The van der Waals surface area contributed by atoms with Crippen LogP contribution < -0.4 is 0 Å². The molecule has 24 heavy (non-hydrogen) atoms. The predicted octanol–water partition coefficient (Wildman–Crippen LogP) is 2.41. The SMILES string of the molecule is CC1CCN(C(=O)COC(=O)C=Cc2ccccc2[N+](=O)[O-])CC1. The molecule has 0 radical (unpaired) electrons. The second-order valence-electron chi connectivity index (χ2n) is 5.82. The number of piperidine rings is 1. The molecule has 1 aromatic rings. The van der Waals surface area contributed by atoms with E-state index in [4.69, 9.17) is 4.74 Å². The lowest BCUT2D eigenvalue weighted by Gasteiger charge is -2.30. The molecule has 1 fully saturated rings. The number of carbonyl (C=O) groups excluding carboxylic acids is 2. The van der Waals surface area contributed by atoms with Crippen molar-refractivity contribution in [3.05, 3.63) is 46.0 Å². The average Bonchev–Trinajstić information content (AvgIpc) is 2.58. The summed E-state index contributed by atoms with van der Waals surface area (Å²) < 4.78 is 4.92. The van der Waals surface area contributed by atoms with Crippen molar-refractivity contribution in [1.82, 2.24) is 4.90 Å². The van der Waals surface area contributed by atoms with E-state index in [2.05, 4.69) is 6.92 Å². The van der Waals surface area contributed by atoms with Crippen molar-refractivity contribution in [2.45, 2.75) is 19.8 Å². The second kappa shape index (κ2) is 8.24. The van der Waals surface area contributed by atoms with Crippen LogP contribution in [0.3, 0.4) is 0 Å². The number of carbonyl (C=O) groups is 2. The third-order valence-electron chi connectivity index (χ3n) is 4.01. The van der Waals surface area contributed by atoms with Crippen LogP contribution in [0.5, 0.6) is 0 Å². The smallest absolute Gasteiger partial charge is 0.331 e. The Balaban J connectivity index is 1.85. The van der Waals surface area contributed by atoms with Gasteiger partial charge in [0.25, 0.3) is 11.6 Å². The Labute approximate surface area is 140 Å². The number of rotatable bonds is 5. The Kier molecular flexibility index (Phi) is 6.06. The monoisotopic (exact) mass is 332 g/mol. The van der Waals surface area contributed by atoms with Crippen molar-refractivity contribution in [1.29, 1.82) is 0 Å². The summed E-state index contributed by atoms with van der Waals surface area (Å²) in [6, 6.07) is 6.07. The number of nitro groups is 1. The molecule has 0 unspecified atom stereocenters. The molecule has 0 spiro atoms. The quantitative estimate of drug-likeness (QED) is 0.357. The van der Waals surface area contributed by atoms with Gasteiger partial charge in [-0.25, -0.2) is 4.79 Å². The van der Waals surface area contributed by atoms with Gasteiger partial charge < -0.3 is 9.64 Å². The Hall–Kier alpha value is -2.70. The number of nitro benzene ring substituents is 1. The van der Waals surface area contributed by atoms with Crippen molar-refractivity contribution in [2.24, 2.45) is 5.92 Å². The maximum Gasteiger partial charge on any atom is 0.331 e. The third-order valence-corrected chi connectivity index (χ3v) is 4.01. The number of ether oxygens (including phenoxy) is 1. The zero-order valence-corrected chi connectivity index (χ0v) is 13.5. The normalized spacial score (nSPS) is 15.5. The highest BCUT2D eigenvalue weighted by Gasteiger charge is 2.20. The van der Waals surface area contributed by atoms with Crippen LogP contribution >= 0.6 is 0 Å². The van der Waals surface area contributed by atoms with Gasteiger partial charge in [0.05, 0.1) is 10.5 Å². The maximum absolute atomic E-state index is 12.0. The van der Waals surface area contributed by atoms with Crippen molar-refractivity contribution >= 4 is 23.6 Å². The van der Waals surface area contributed by atoms with Crippen LogP contribution in [0.25, 0.3) is 6.08 Å². The molecule has 0 bridgehead atoms. The summed E-state index contributed by atoms with van der Waals surface area (Å²) in [5.41, 5.74) is 0.204. The predicted molar refractivity (Wildman–Crippen MR) is 88.1 cm³/mol. The van der Waals surface area contributed by atoms with E-state index >= 15 is 0 Å². The van der Waals surface area contributed by atoms with Crippen molar-refractivity contribution in [3.63, 3.8) is 0 Å². The molecule has 0 N–H and O–H groups in total. The van der Waals surface area contributed by atoms with E-state index < -0.39 is 10.9 Å². The highest BCUT2D eigenvalue weighted by molar-refractivity contribution is 5.89. The summed E-state index contributed by atoms with van der Waals surface area (Å²) in [7, 11) is 0. The van der Waals surface area contributed by atoms with Gasteiger partial charge >= 0.3 is 5.97 Å². The molecule has 1 saturated heterocycles. The van der Waals surface area contributed by atoms with Crippen LogP contribution in [0, 0.1) is 16.0 Å². The minimum Gasteiger partial charge on any atom is -0.452 e. The molecule has 1 heterocycles. The molecule has 7 heteroatoms. The standard InChI is InChI=1S/C17H20N2O5/c1-13-8-10-18(11-9-13)16(20)12-24-17(21)7-6-14-4-2-3-5-15(14)19(22)23/h2-7,13H,8-12H2,1H3. The lowest BCUT2D eigenvalue weighted by atomic mass is 9.99. The fourth-order valence-electron chi connectivity index (χ4n) is 2.48. The summed E-state index contributed by atoms with van der Waals surface area (Å²) in [5, 5.41) is 10.9. The second-order valence-corrected chi connectivity index (χ2v) is 5.82. The summed E-state index contributed by atoms with van der Waals surface area (Å²) in [4.78, 5) is 35.7. The van der Waals surface area contributed by atoms with Crippen LogP contribution in [0.4, 0.5) is 5.69 Å². The molecule has 1 aliphatic heterocycles. The fraction of sp³-hybridized carbons (Fsp3) is 0.412. The van der Waals surface area contributed by atoms with Gasteiger partial charge in [-0.2, -0.15) is 0 Å². The molecule has 1 aromatic carbocycles. The van der Waals surface area contributed by atoms with Gasteiger partial charge in [-0.1, -0.05) is 19.1 Å². The Morgan fingerprint density at radius 3 is 2.67 bits per heavy atom. The number of hydrogen-bond donors (Lipinski definition) is 0. The number of hydrogen-bond acceptors (Lipinski definition) is 5. The molecule has 0 aromatic heterocycles. The van der Waals surface area contributed by atoms with Gasteiger partial charge in [0, 0.05) is 25.2 Å². The van der Waals surface area contributed by atoms with Crippen molar-refractivity contribution < 1.29 is 19.2 Å². The maximum atomic E-state index is 12.0. The lowest BCUT2D eigenvalue weighted by Crippen LogP contribution is -2.40. The molecular formula is C17H20N2O5. The Bertz CT molecular complexity index is 648. The van der Waals surface area contributed by atoms with E-state index in [9.17, 15) is 19.7 Å². The molecule has 0 aliphatic carbocycles. The summed E-state index contributed by atoms with van der Waals surface area (Å²) in [6.45, 7) is 3.21. The highest BCUT2D eigenvalue weighted by atomic mass is 16.6. The molecule has 1 aliphatic rings. The van der Waals surface area contributed by atoms with Crippen molar-refractivity contribution in [3.8, 4) is 0 Å². The zero-order chi connectivity index (χ0) is 17.5. The van der Waals surface area contributed by atoms with E-state index in [1.165, 1.54) is 18.2 Å². The van der Waals surface area contributed by atoms with Crippen LogP contribution in [-0.4, -0.2) is 41.4 Å². The largest absolute Gasteiger partial charge is 0.452 e. The zero-order valence-electron chi connectivity index (χ0n) is 13.5. The number of likely N-dealkylation sites (tertiary alicyclic amines) is 1. The van der Waals surface area contributed by atoms with Gasteiger partial charge in [0.1, 0.15) is 0 Å². The number of nitrogens with zero attached hydrogens (tertiary/aromatic N) is 2. The third kappa shape index (κ3) is 4.91. The van der Waals surface area contributed by atoms with Crippen LogP contribution in [0.15, 0.2) is 30.3 Å². The van der Waals surface area contributed by atoms with Crippen LogP contribution in [-0.2, 0) is 14.3 Å². The van der Waals surface area contributed by atoms with E-state index in [1.54, 1.807) is 17.0 Å². The molecule has 7 nitrogen and oxygen atoms in total.